The molecular weight excluding hydrogens is 1020 g/mol. The fourth-order valence-electron chi connectivity index (χ4n) is 13.0. The zero-order chi connectivity index (χ0) is 58.0. The van der Waals surface area contributed by atoms with Crippen LogP contribution in [-0.4, -0.2) is 19.6 Å². The van der Waals surface area contributed by atoms with E-state index < -0.39 is 0 Å². The van der Waals surface area contributed by atoms with E-state index in [2.05, 4.69) is 279 Å². The molecule has 0 aliphatic heterocycles. The number of hydrogen-bond donors (Lipinski definition) is 1. The lowest BCUT2D eigenvalue weighted by atomic mass is 9.81. The maximum Gasteiger partial charge on any atom is 0.164 e. The third-order valence-corrected chi connectivity index (χ3v) is 17.4. The lowest BCUT2D eigenvalue weighted by molar-refractivity contribution is 0.476. The van der Waals surface area contributed by atoms with Crippen LogP contribution >= 0.6 is 0 Å². The molecule has 0 amide bonds. The molecule has 1 aliphatic carbocycles. The van der Waals surface area contributed by atoms with Crippen LogP contribution < -0.4 is 0 Å². The number of phenols is 1. The van der Waals surface area contributed by atoms with Gasteiger partial charge < -0.3 is 5.11 Å². The highest BCUT2D eigenvalue weighted by molar-refractivity contribution is 6.09. The molecule has 0 spiro atoms. The van der Waals surface area contributed by atoms with E-state index in [1.807, 2.05) is 6.07 Å². The molecule has 2 heterocycles. The van der Waals surface area contributed by atoms with Gasteiger partial charge in [-0.05, 0) is 179 Å². The van der Waals surface area contributed by atoms with Crippen LogP contribution in [0.15, 0.2) is 224 Å². The molecule has 0 atom stereocenters. The summed E-state index contributed by atoms with van der Waals surface area (Å²) in [7, 11) is 0. The van der Waals surface area contributed by atoms with E-state index in [-0.39, 0.29) is 11.2 Å². The van der Waals surface area contributed by atoms with Gasteiger partial charge in [0.1, 0.15) is 11.4 Å². The first-order valence-electron chi connectivity index (χ1n) is 29.9. The van der Waals surface area contributed by atoms with E-state index in [4.69, 9.17) is 9.97 Å². The summed E-state index contributed by atoms with van der Waals surface area (Å²) in [5.74, 6) is 1.70. The van der Waals surface area contributed by atoms with Gasteiger partial charge in [0.2, 0.25) is 0 Å². The summed E-state index contributed by atoms with van der Waals surface area (Å²) in [6, 6.07) is 82.4. The maximum absolute atomic E-state index is 11.5. The van der Waals surface area contributed by atoms with E-state index >= 15 is 0 Å². The van der Waals surface area contributed by atoms with Gasteiger partial charge in [-0.1, -0.05) is 249 Å². The van der Waals surface area contributed by atoms with Crippen molar-refractivity contribution in [2.45, 2.75) is 92.4 Å². The topological polar surface area (TPSA) is 50.9 Å². The van der Waals surface area contributed by atoms with Crippen molar-refractivity contribution >= 4 is 11.0 Å². The molecule has 0 saturated carbocycles. The number of fused-ring (bicyclic) bond motifs is 4. The zero-order valence-corrected chi connectivity index (χ0v) is 49.7. The zero-order valence-electron chi connectivity index (χ0n) is 49.7. The van der Waals surface area contributed by atoms with E-state index in [0.29, 0.717) is 11.8 Å². The maximum atomic E-state index is 11.5. The van der Waals surface area contributed by atoms with Crippen LogP contribution in [0.4, 0.5) is 0 Å². The van der Waals surface area contributed by atoms with Crippen molar-refractivity contribution in [1.29, 1.82) is 0 Å². The smallest absolute Gasteiger partial charge is 0.164 e. The number of rotatable bonds is 11. The van der Waals surface area contributed by atoms with Crippen LogP contribution in [0, 0.1) is 13.8 Å². The van der Waals surface area contributed by atoms with E-state index in [9.17, 15) is 5.11 Å². The van der Waals surface area contributed by atoms with Crippen LogP contribution in [0.2, 0.25) is 0 Å². The number of nitrogens with zero attached hydrogens (tertiary/aromatic N) is 3. The van der Waals surface area contributed by atoms with Gasteiger partial charge in [0.25, 0.3) is 0 Å². The lowest BCUT2D eigenvalue weighted by Crippen LogP contribution is -2.10. The number of benzene rings is 10. The number of phenolic OH excluding ortho intramolecular Hbond substituents is 1. The number of pyridine rings is 1. The van der Waals surface area contributed by atoms with Gasteiger partial charge in [-0.3, -0.25) is 4.57 Å². The Bertz CT molecular complexity index is 4450. The highest BCUT2D eigenvalue weighted by Gasteiger charge is 2.29. The Kier molecular flexibility index (Phi) is 14.0. The van der Waals surface area contributed by atoms with Crippen LogP contribution in [0.25, 0.3) is 117 Å². The van der Waals surface area contributed by atoms with Gasteiger partial charge in [0.05, 0.1) is 22.4 Å². The van der Waals surface area contributed by atoms with Crippen LogP contribution in [0.5, 0.6) is 5.75 Å². The number of imidazole rings is 1. The highest BCUT2D eigenvalue weighted by atomic mass is 16.3. The molecule has 10 aromatic carbocycles. The van der Waals surface area contributed by atoms with Gasteiger partial charge in [-0.15, -0.1) is 0 Å². The summed E-state index contributed by atoms with van der Waals surface area (Å²) in [4.78, 5) is 11.6. The van der Waals surface area contributed by atoms with Gasteiger partial charge in [0, 0.05) is 11.1 Å². The summed E-state index contributed by atoms with van der Waals surface area (Å²) in [5.41, 5.74) is 29.5. The average molecular weight is 1090 g/mol. The first kappa shape index (κ1) is 53.9. The molecule has 1 aliphatic rings. The second-order valence-corrected chi connectivity index (χ2v) is 24.7. The summed E-state index contributed by atoms with van der Waals surface area (Å²) < 4.78 is 2.36. The van der Waals surface area contributed by atoms with E-state index in [1.165, 1.54) is 38.9 Å². The molecule has 0 bridgehead atoms. The SMILES string of the molecule is Cc1cccc(C)c1-n1c(-c2ccc3c(n2)-c2c(O)cccc2CC3)nc2c(-c3cccc(-c4c(-c5ccccc5)cccc4-c4cc(C(C)C)cc(C(C)C)c4)c3)c(-c3c(-c4ccccc4)cccc3-c3cccc(C(C)(C)C)c3)ccc21. The number of hydrogen-bond acceptors (Lipinski definition) is 3. The minimum atomic E-state index is -0.0679. The number of aromatic hydroxyl groups is 1. The second-order valence-electron chi connectivity index (χ2n) is 24.7. The fourth-order valence-corrected chi connectivity index (χ4v) is 13.0. The molecule has 4 heteroatoms. The Morgan fingerprint density at radius 1 is 0.417 bits per heavy atom. The molecule has 13 rings (SSSR count). The molecular formula is C80H71N3O. The van der Waals surface area contributed by atoms with Gasteiger partial charge in [-0.25, -0.2) is 9.97 Å². The quantitative estimate of drug-likeness (QED) is 0.140. The lowest BCUT2D eigenvalue weighted by Gasteiger charge is -2.23. The van der Waals surface area contributed by atoms with Crippen molar-refractivity contribution in [1.82, 2.24) is 14.5 Å². The Morgan fingerprint density at radius 3 is 1.60 bits per heavy atom. The molecule has 12 aromatic rings. The molecule has 0 fully saturated rings. The van der Waals surface area contributed by atoms with Crippen molar-refractivity contribution in [2.75, 3.05) is 0 Å². The first-order chi connectivity index (χ1) is 40.7. The van der Waals surface area contributed by atoms with Crippen molar-refractivity contribution in [3.05, 3.63) is 263 Å². The number of aryl methyl sites for hydroxylation is 4. The molecule has 412 valence electrons. The van der Waals surface area contributed by atoms with Crippen LogP contribution in [0.3, 0.4) is 0 Å². The Morgan fingerprint density at radius 2 is 0.952 bits per heavy atom. The predicted octanol–water partition coefficient (Wildman–Crippen LogP) is 21.4. The van der Waals surface area contributed by atoms with Crippen molar-refractivity contribution in [3.8, 4) is 112 Å². The highest BCUT2D eigenvalue weighted by Crippen LogP contribution is 2.50. The second kappa shape index (κ2) is 21.7. The van der Waals surface area contributed by atoms with Crippen LogP contribution in [-0.2, 0) is 18.3 Å². The third kappa shape index (κ3) is 9.73. The fraction of sp³-hybridized carbons (Fsp3) is 0.175. The van der Waals surface area contributed by atoms with E-state index in [1.54, 1.807) is 6.07 Å². The third-order valence-electron chi connectivity index (χ3n) is 17.4. The first-order valence-corrected chi connectivity index (χ1v) is 29.9. The van der Waals surface area contributed by atoms with Gasteiger partial charge >= 0.3 is 0 Å². The summed E-state index contributed by atoms with van der Waals surface area (Å²) in [6.07, 6.45) is 1.69. The van der Waals surface area contributed by atoms with Crippen LogP contribution in [0.1, 0.15) is 99.2 Å². The molecule has 1 N–H and O–H groups in total. The largest absolute Gasteiger partial charge is 0.507 e. The normalized spacial score (nSPS) is 12.3. The van der Waals surface area contributed by atoms with Crippen molar-refractivity contribution < 1.29 is 5.11 Å². The van der Waals surface area contributed by atoms with Gasteiger partial charge in [0.15, 0.2) is 5.82 Å². The van der Waals surface area contributed by atoms with E-state index in [0.717, 1.165) is 130 Å². The molecule has 84 heavy (non-hydrogen) atoms. The summed E-state index contributed by atoms with van der Waals surface area (Å²) >= 11 is 0. The number of aromatic nitrogens is 3. The molecule has 4 nitrogen and oxygen atoms in total. The average Bonchev–Trinajstić information content (AvgIpc) is 2.34. The molecule has 2 aromatic heterocycles. The Hall–Kier alpha value is -9.38. The van der Waals surface area contributed by atoms with Crippen molar-refractivity contribution in [3.63, 3.8) is 0 Å². The molecule has 0 radical (unpaired) electrons. The standard InChI is InChI=1S/C80H71N3O/c1-49(2)60-45-61(50(3)4)47-62(46-60)67-36-20-33-64(53-24-12-10-13-25-53)72(67)58-30-17-31-59(44-58)73-68(75-65(54-26-14-11-15-27-54)34-21-35-66(75)57-29-18-32-63(48-57)80(7,8)9)41-43-70-77(73)82-79(83(70)78-51(5)22-16-23-52(78)6)69-42-40-56-39-38-55-28-19-37-71(84)74(55)76(56)81-69/h10-37,40-50,84H,38-39H2,1-9H3. The van der Waals surface area contributed by atoms with Gasteiger partial charge in [-0.2, -0.15) is 0 Å². The van der Waals surface area contributed by atoms with Crippen molar-refractivity contribution in [2.24, 2.45) is 0 Å². The monoisotopic (exact) mass is 1090 g/mol. The summed E-state index contributed by atoms with van der Waals surface area (Å²) in [6.45, 7) is 20.5. The molecule has 0 saturated heterocycles. The Balaban J connectivity index is 1.17. The minimum absolute atomic E-state index is 0.0679. The minimum Gasteiger partial charge on any atom is -0.507 e. The predicted molar refractivity (Wildman–Crippen MR) is 353 cm³/mol. The summed E-state index contributed by atoms with van der Waals surface area (Å²) in [5, 5.41) is 11.5. The number of para-hydroxylation sites is 1. The molecule has 0 unspecified atom stereocenters. The Labute approximate surface area is 495 Å².